The first-order chi connectivity index (χ1) is 4.83. The number of carbonyl (C=O) groups excluding carboxylic acids is 2. The van der Waals surface area contributed by atoms with E-state index < -0.39 is 0 Å². The molecule has 2 saturated carbocycles. The average Bonchev–Trinajstić information content (AvgIpc) is 2.42. The van der Waals surface area contributed by atoms with Crippen molar-refractivity contribution in [3.63, 3.8) is 0 Å². The van der Waals surface area contributed by atoms with Gasteiger partial charge in [0.2, 0.25) is 0 Å². The van der Waals surface area contributed by atoms with Crippen molar-refractivity contribution in [2.45, 2.75) is 19.3 Å². The Balaban J connectivity index is 2.25. The second-order valence-corrected chi connectivity index (χ2v) is 3.33. The van der Waals surface area contributed by atoms with Crippen molar-refractivity contribution in [1.29, 1.82) is 0 Å². The van der Waals surface area contributed by atoms with Gasteiger partial charge in [0.1, 0.15) is 12.1 Å². The molecule has 2 heteroatoms. The summed E-state index contributed by atoms with van der Waals surface area (Å²) in [7, 11) is 0. The second-order valence-electron chi connectivity index (χ2n) is 3.33. The smallest absolute Gasteiger partial charge is 0.136 e. The van der Waals surface area contributed by atoms with Crippen LogP contribution in [0.4, 0.5) is 0 Å². The number of Topliss-reactive ketones (excluding diaryl/α,β-unsaturated/α-hetero) is 1. The third-order valence-corrected chi connectivity index (χ3v) is 2.89. The lowest BCUT2D eigenvalue weighted by molar-refractivity contribution is -0.123. The molecule has 0 amide bonds. The van der Waals surface area contributed by atoms with Gasteiger partial charge in [-0.1, -0.05) is 0 Å². The first kappa shape index (κ1) is 6.08. The molecule has 2 fully saturated rings. The molecule has 0 radical (unpaired) electrons. The van der Waals surface area contributed by atoms with Crippen LogP contribution in [0.15, 0.2) is 0 Å². The Kier molecular flexibility index (Phi) is 1.16. The van der Waals surface area contributed by atoms with E-state index in [-0.39, 0.29) is 11.8 Å². The number of carbonyl (C=O) groups is 2. The van der Waals surface area contributed by atoms with Crippen LogP contribution in [0.1, 0.15) is 19.3 Å². The van der Waals surface area contributed by atoms with Gasteiger partial charge >= 0.3 is 0 Å². The molecule has 2 nitrogen and oxygen atoms in total. The van der Waals surface area contributed by atoms with Crippen molar-refractivity contribution in [3.05, 3.63) is 0 Å². The van der Waals surface area contributed by atoms with E-state index >= 15 is 0 Å². The van der Waals surface area contributed by atoms with E-state index in [9.17, 15) is 9.59 Å². The Labute approximate surface area is 59.6 Å². The lowest BCUT2D eigenvalue weighted by Gasteiger charge is -2.04. The summed E-state index contributed by atoms with van der Waals surface area (Å²) in [6.07, 6.45) is 3.72. The maximum Gasteiger partial charge on any atom is 0.136 e. The molecule has 0 aliphatic heterocycles. The molecule has 2 aliphatic carbocycles. The van der Waals surface area contributed by atoms with Gasteiger partial charge < -0.3 is 4.79 Å². The Bertz CT molecular complexity index is 186. The summed E-state index contributed by atoms with van der Waals surface area (Å²) in [5, 5.41) is 0. The lowest BCUT2D eigenvalue weighted by Crippen LogP contribution is -2.11. The molecule has 10 heavy (non-hydrogen) atoms. The summed E-state index contributed by atoms with van der Waals surface area (Å²) < 4.78 is 0. The van der Waals surface area contributed by atoms with E-state index in [1.165, 1.54) is 0 Å². The molecule has 0 aromatic heterocycles. The van der Waals surface area contributed by atoms with Crippen LogP contribution in [0, 0.1) is 17.8 Å². The van der Waals surface area contributed by atoms with Gasteiger partial charge in [0.15, 0.2) is 0 Å². The number of ketones is 1. The summed E-state index contributed by atoms with van der Waals surface area (Å²) in [4.78, 5) is 21.5. The SMILES string of the molecule is O=C[C@H]1[C@@H]2CC[C@H]1C(=O)C2. The Morgan fingerprint density at radius 2 is 2.20 bits per heavy atom. The molecule has 0 N–H and O–H groups in total. The van der Waals surface area contributed by atoms with Crippen molar-refractivity contribution < 1.29 is 9.59 Å². The second kappa shape index (κ2) is 1.91. The largest absolute Gasteiger partial charge is 0.303 e. The normalized spacial score (nSPS) is 44.4. The van der Waals surface area contributed by atoms with Crippen molar-refractivity contribution in [2.24, 2.45) is 17.8 Å². The molecule has 3 atom stereocenters. The van der Waals surface area contributed by atoms with Crippen molar-refractivity contribution in [2.75, 3.05) is 0 Å². The van der Waals surface area contributed by atoms with Gasteiger partial charge in [0.05, 0.1) is 0 Å². The van der Waals surface area contributed by atoms with E-state index in [4.69, 9.17) is 0 Å². The Hall–Kier alpha value is -0.660. The van der Waals surface area contributed by atoms with Crippen molar-refractivity contribution >= 4 is 12.1 Å². The number of rotatable bonds is 1. The van der Waals surface area contributed by atoms with Crippen LogP contribution in [0.3, 0.4) is 0 Å². The van der Waals surface area contributed by atoms with Gasteiger partial charge in [-0.2, -0.15) is 0 Å². The molecule has 2 rings (SSSR count). The molecule has 54 valence electrons. The summed E-state index contributed by atoms with van der Waals surface area (Å²) >= 11 is 0. The molecule has 0 spiro atoms. The summed E-state index contributed by atoms with van der Waals surface area (Å²) in [6.45, 7) is 0. The number of hydrogen-bond acceptors (Lipinski definition) is 2. The van der Waals surface area contributed by atoms with Crippen LogP contribution in [-0.4, -0.2) is 12.1 Å². The van der Waals surface area contributed by atoms with E-state index in [2.05, 4.69) is 0 Å². The molecule has 2 aliphatic rings. The molecule has 0 unspecified atom stereocenters. The maximum absolute atomic E-state index is 11.0. The summed E-state index contributed by atoms with van der Waals surface area (Å²) in [5.74, 6) is 0.943. The Morgan fingerprint density at radius 1 is 1.40 bits per heavy atom. The maximum atomic E-state index is 11.0. The molecular formula is C8H10O2. The molecule has 0 heterocycles. The molecule has 0 saturated heterocycles. The third-order valence-electron chi connectivity index (χ3n) is 2.89. The van der Waals surface area contributed by atoms with Crippen LogP contribution in [0.2, 0.25) is 0 Å². The van der Waals surface area contributed by atoms with Gasteiger partial charge in [-0.25, -0.2) is 0 Å². The van der Waals surface area contributed by atoms with Crippen LogP contribution in [0.25, 0.3) is 0 Å². The van der Waals surface area contributed by atoms with Crippen molar-refractivity contribution in [1.82, 2.24) is 0 Å². The predicted molar refractivity (Wildman–Crippen MR) is 35.4 cm³/mol. The predicted octanol–water partition coefficient (Wildman–Crippen LogP) is 0.800. The number of aldehydes is 1. The van der Waals surface area contributed by atoms with Gasteiger partial charge in [-0.15, -0.1) is 0 Å². The highest BCUT2D eigenvalue weighted by Gasteiger charge is 2.46. The minimum Gasteiger partial charge on any atom is -0.303 e. The van der Waals surface area contributed by atoms with Crippen molar-refractivity contribution in [3.8, 4) is 0 Å². The zero-order valence-corrected chi connectivity index (χ0v) is 5.75. The summed E-state index contributed by atoms with van der Waals surface area (Å²) in [5.41, 5.74) is 0. The highest BCUT2D eigenvalue weighted by molar-refractivity contribution is 5.88. The van der Waals surface area contributed by atoms with Crippen LogP contribution >= 0.6 is 0 Å². The highest BCUT2D eigenvalue weighted by atomic mass is 16.1. The van der Waals surface area contributed by atoms with Crippen LogP contribution in [0.5, 0.6) is 0 Å². The minimum absolute atomic E-state index is 0.0903. The van der Waals surface area contributed by atoms with E-state index in [0.717, 1.165) is 19.1 Å². The molecule has 2 bridgehead atoms. The molecule has 0 aromatic carbocycles. The molecular weight excluding hydrogens is 128 g/mol. The fourth-order valence-corrected chi connectivity index (χ4v) is 2.34. The van der Waals surface area contributed by atoms with E-state index in [0.29, 0.717) is 18.1 Å². The first-order valence-corrected chi connectivity index (χ1v) is 3.81. The van der Waals surface area contributed by atoms with E-state index in [1.807, 2.05) is 0 Å². The third kappa shape index (κ3) is 0.591. The zero-order valence-electron chi connectivity index (χ0n) is 5.75. The van der Waals surface area contributed by atoms with Crippen LogP contribution in [-0.2, 0) is 9.59 Å². The van der Waals surface area contributed by atoms with Gasteiger partial charge in [-0.05, 0) is 18.8 Å². The van der Waals surface area contributed by atoms with E-state index in [1.54, 1.807) is 0 Å². The van der Waals surface area contributed by atoms with Crippen LogP contribution < -0.4 is 0 Å². The fraction of sp³-hybridized carbons (Fsp3) is 0.750. The quantitative estimate of drug-likeness (QED) is 0.502. The molecule has 0 aromatic rings. The number of fused-ring (bicyclic) bond motifs is 2. The topological polar surface area (TPSA) is 34.1 Å². The minimum atomic E-state index is 0.0903. The summed E-state index contributed by atoms with van der Waals surface area (Å²) in [6, 6.07) is 0. The van der Waals surface area contributed by atoms with Gasteiger partial charge in [-0.3, -0.25) is 4.79 Å². The highest BCUT2D eigenvalue weighted by Crippen LogP contribution is 2.45. The van der Waals surface area contributed by atoms with Gasteiger partial charge in [0.25, 0.3) is 0 Å². The fourth-order valence-electron chi connectivity index (χ4n) is 2.34. The average molecular weight is 138 g/mol. The standard InChI is InChI=1S/C8H10O2/c9-4-7-5-1-2-6(7)8(10)3-5/h4-7H,1-3H2/t5-,6-,7+/m1/s1. The monoisotopic (exact) mass is 138 g/mol. The zero-order chi connectivity index (χ0) is 7.14. The Morgan fingerprint density at radius 3 is 2.50 bits per heavy atom. The first-order valence-electron chi connectivity index (χ1n) is 3.81. The van der Waals surface area contributed by atoms with Gasteiger partial charge in [0, 0.05) is 18.3 Å². The number of hydrogen-bond donors (Lipinski definition) is 0. The lowest BCUT2D eigenvalue weighted by atomic mass is 9.99.